The van der Waals surface area contributed by atoms with Crippen LogP contribution in [0.2, 0.25) is 0 Å². The SMILES string of the molecule is CCC=NC(=O)CC(=O)OCc1ccccc1. The molecule has 0 aliphatic carbocycles. The lowest BCUT2D eigenvalue weighted by Gasteiger charge is -2.02. The van der Waals surface area contributed by atoms with Gasteiger partial charge in [0.05, 0.1) is 0 Å². The van der Waals surface area contributed by atoms with E-state index in [0.29, 0.717) is 6.42 Å². The van der Waals surface area contributed by atoms with Crippen LogP contribution in [0, 0.1) is 0 Å². The summed E-state index contributed by atoms with van der Waals surface area (Å²) in [5.41, 5.74) is 0.894. The Morgan fingerprint density at radius 1 is 1.29 bits per heavy atom. The van der Waals surface area contributed by atoms with Gasteiger partial charge >= 0.3 is 5.97 Å². The Hall–Kier alpha value is -1.97. The molecule has 0 radical (unpaired) electrons. The number of nitrogens with zero attached hydrogens (tertiary/aromatic N) is 1. The van der Waals surface area contributed by atoms with Gasteiger partial charge in [0.25, 0.3) is 5.91 Å². The van der Waals surface area contributed by atoms with E-state index in [2.05, 4.69) is 4.99 Å². The Labute approximate surface area is 100 Å². The average molecular weight is 233 g/mol. The smallest absolute Gasteiger partial charge is 0.315 e. The summed E-state index contributed by atoms with van der Waals surface area (Å²) < 4.78 is 4.95. The van der Waals surface area contributed by atoms with Crippen LogP contribution in [-0.4, -0.2) is 18.1 Å². The van der Waals surface area contributed by atoms with E-state index in [9.17, 15) is 9.59 Å². The minimum atomic E-state index is -0.549. The van der Waals surface area contributed by atoms with Crippen molar-refractivity contribution in [1.29, 1.82) is 0 Å². The number of carbonyl (C=O) groups excluding carboxylic acids is 2. The Morgan fingerprint density at radius 2 is 2.00 bits per heavy atom. The van der Waals surface area contributed by atoms with Crippen molar-refractivity contribution in [3.05, 3.63) is 35.9 Å². The fourth-order valence-electron chi connectivity index (χ4n) is 1.15. The van der Waals surface area contributed by atoms with Gasteiger partial charge in [-0.3, -0.25) is 9.59 Å². The van der Waals surface area contributed by atoms with Crippen LogP contribution in [0.15, 0.2) is 35.3 Å². The lowest BCUT2D eigenvalue weighted by Crippen LogP contribution is -2.09. The quantitative estimate of drug-likeness (QED) is 0.444. The first kappa shape index (κ1) is 13.1. The van der Waals surface area contributed by atoms with Gasteiger partial charge in [-0.05, 0) is 12.0 Å². The predicted molar refractivity (Wildman–Crippen MR) is 64.6 cm³/mol. The molecule has 0 unspecified atom stereocenters. The van der Waals surface area contributed by atoms with Gasteiger partial charge in [0, 0.05) is 6.21 Å². The van der Waals surface area contributed by atoms with Gasteiger partial charge in [-0.1, -0.05) is 37.3 Å². The molecule has 0 N–H and O–H groups in total. The summed E-state index contributed by atoms with van der Waals surface area (Å²) in [5.74, 6) is -1.02. The minimum Gasteiger partial charge on any atom is -0.460 e. The molecule has 0 fully saturated rings. The molecule has 0 atom stereocenters. The van der Waals surface area contributed by atoms with Crippen molar-refractivity contribution < 1.29 is 14.3 Å². The Bertz CT molecular complexity index is 398. The molecule has 1 amide bonds. The molecule has 0 saturated carbocycles. The van der Waals surface area contributed by atoms with Crippen LogP contribution >= 0.6 is 0 Å². The molecule has 1 rings (SSSR count). The number of hydrogen-bond donors (Lipinski definition) is 0. The fourth-order valence-corrected chi connectivity index (χ4v) is 1.15. The highest BCUT2D eigenvalue weighted by Crippen LogP contribution is 2.01. The first-order chi connectivity index (χ1) is 8.22. The minimum absolute atomic E-state index is 0.185. The van der Waals surface area contributed by atoms with Crippen LogP contribution in [0.4, 0.5) is 0 Å². The number of hydrogen-bond acceptors (Lipinski definition) is 3. The summed E-state index contributed by atoms with van der Waals surface area (Å²) in [4.78, 5) is 26.0. The van der Waals surface area contributed by atoms with Crippen molar-refractivity contribution in [3.8, 4) is 0 Å². The second-order valence-electron chi connectivity index (χ2n) is 3.44. The fraction of sp³-hybridized carbons (Fsp3) is 0.308. The molecule has 1 aromatic rings. The molecule has 90 valence electrons. The molecular formula is C13H15NO3. The third kappa shape index (κ3) is 5.61. The Balaban J connectivity index is 2.31. The van der Waals surface area contributed by atoms with Gasteiger partial charge < -0.3 is 4.74 Å². The zero-order chi connectivity index (χ0) is 12.5. The predicted octanol–water partition coefficient (Wildman–Crippen LogP) is 2.13. The molecule has 0 saturated heterocycles. The van der Waals surface area contributed by atoms with Crippen molar-refractivity contribution >= 4 is 18.1 Å². The molecule has 0 heterocycles. The maximum Gasteiger partial charge on any atom is 0.315 e. The second-order valence-corrected chi connectivity index (χ2v) is 3.44. The van der Waals surface area contributed by atoms with Crippen molar-refractivity contribution in [1.82, 2.24) is 0 Å². The number of rotatable bonds is 5. The molecular weight excluding hydrogens is 218 g/mol. The van der Waals surface area contributed by atoms with E-state index in [0.717, 1.165) is 5.56 Å². The van der Waals surface area contributed by atoms with Gasteiger partial charge in [0.2, 0.25) is 0 Å². The molecule has 0 bridgehead atoms. The van der Waals surface area contributed by atoms with E-state index in [1.807, 2.05) is 37.3 Å². The number of benzene rings is 1. The lowest BCUT2D eigenvalue weighted by atomic mass is 10.2. The zero-order valence-corrected chi connectivity index (χ0v) is 9.76. The number of ether oxygens (including phenoxy) is 1. The van der Waals surface area contributed by atoms with Crippen molar-refractivity contribution in [2.75, 3.05) is 0 Å². The van der Waals surface area contributed by atoms with Crippen LogP contribution in [0.1, 0.15) is 25.3 Å². The molecule has 17 heavy (non-hydrogen) atoms. The molecule has 4 heteroatoms. The Kier molecular flexibility index (Phi) is 5.64. The standard InChI is InChI=1S/C13H15NO3/c1-2-8-14-12(15)9-13(16)17-10-11-6-4-3-5-7-11/h3-8H,2,9-10H2,1H3. The van der Waals surface area contributed by atoms with Crippen LogP contribution in [0.3, 0.4) is 0 Å². The van der Waals surface area contributed by atoms with Crippen molar-refractivity contribution in [2.45, 2.75) is 26.4 Å². The topological polar surface area (TPSA) is 55.7 Å². The van der Waals surface area contributed by atoms with Crippen LogP contribution < -0.4 is 0 Å². The van der Waals surface area contributed by atoms with E-state index in [4.69, 9.17) is 4.74 Å². The highest BCUT2D eigenvalue weighted by molar-refractivity contribution is 5.97. The van der Waals surface area contributed by atoms with Gasteiger partial charge in [-0.15, -0.1) is 0 Å². The molecule has 1 aromatic carbocycles. The summed E-state index contributed by atoms with van der Waals surface area (Å²) in [5, 5.41) is 0. The van der Waals surface area contributed by atoms with Crippen molar-refractivity contribution in [2.24, 2.45) is 4.99 Å². The van der Waals surface area contributed by atoms with E-state index in [1.165, 1.54) is 6.21 Å². The maximum absolute atomic E-state index is 11.3. The van der Waals surface area contributed by atoms with E-state index in [-0.39, 0.29) is 13.0 Å². The summed E-state index contributed by atoms with van der Waals surface area (Å²) in [6.07, 6.45) is 1.85. The van der Waals surface area contributed by atoms with E-state index >= 15 is 0 Å². The lowest BCUT2D eigenvalue weighted by molar-refractivity contribution is -0.147. The first-order valence-corrected chi connectivity index (χ1v) is 5.47. The van der Waals surface area contributed by atoms with E-state index < -0.39 is 11.9 Å². The summed E-state index contributed by atoms with van der Waals surface area (Å²) >= 11 is 0. The van der Waals surface area contributed by atoms with Gasteiger partial charge in [0.1, 0.15) is 13.0 Å². The average Bonchev–Trinajstić information content (AvgIpc) is 2.35. The largest absolute Gasteiger partial charge is 0.460 e. The third-order valence-electron chi connectivity index (χ3n) is 1.96. The zero-order valence-electron chi connectivity index (χ0n) is 9.76. The molecule has 0 aromatic heterocycles. The highest BCUT2D eigenvalue weighted by Gasteiger charge is 2.09. The van der Waals surface area contributed by atoms with E-state index in [1.54, 1.807) is 0 Å². The number of aliphatic imine (C=N–C) groups is 1. The van der Waals surface area contributed by atoms with Crippen LogP contribution in [-0.2, 0) is 20.9 Å². The molecule has 0 aliphatic heterocycles. The summed E-state index contributed by atoms with van der Waals surface area (Å²) in [7, 11) is 0. The van der Waals surface area contributed by atoms with Crippen LogP contribution in [0.25, 0.3) is 0 Å². The van der Waals surface area contributed by atoms with Gasteiger partial charge in [0.15, 0.2) is 0 Å². The normalized spacial score (nSPS) is 10.4. The van der Waals surface area contributed by atoms with Crippen LogP contribution in [0.5, 0.6) is 0 Å². The van der Waals surface area contributed by atoms with Gasteiger partial charge in [-0.2, -0.15) is 0 Å². The summed E-state index contributed by atoms with van der Waals surface area (Å²) in [6, 6.07) is 9.31. The monoisotopic (exact) mass is 233 g/mol. The number of carbonyl (C=O) groups is 2. The third-order valence-corrected chi connectivity index (χ3v) is 1.96. The number of amides is 1. The second kappa shape index (κ2) is 7.33. The first-order valence-electron chi connectivity index (χ1n) is 5.47. The molecule has 0 spiro atoms. The number of esters is 1. The highest BCUT2D eigenvalue weighted by atomic mass is 16.5. The Morgan fingerprint density at radius 3 is 2.65 bits per heavy atom. The summed E-state index contributed by atoms with van der Waals surface area (Å²) in [6.45, 7) is 2.05. The maximum atomic E-state index is 11.3. The van der Waals surface area contributed by atoms with Gasteiger partial charge in [-0.25, -0.2) is 4.99 Å². The molecule has 0 aliphatic rings. The molecule has 4 nitrogen and oxygen atoms in total. The van der Waals surface area contributed by atoms with Crippen molar-refractivity contribution in [3.63, 3.8) is 0 Å².